The average molecular weight is 240 g/mol. The van der Waals surface area contributed by atoms with Gasteiger partial charge in [0.1, 0.15) is 0 Å². The summed E-state index contributed by atoms with van der Waals surface area (Å²) in [6.07, 6.45) is 5.53. The summed E-state index contributed by atoms with van der Waals surface area (Å²) in [6, 6.07) is 0. The normalized spacial score (nSPS) is 27.9. The third kappa shape index (κ3) is 3.42. The van der Waals surface area contributed by atoms with Crippen LogP contribution < -0.4 is 10.6 Å². The molecule has 0 spiro atoms. The van der Waals surface area contributed by atoms with Crippen molar-refractivity contribution in [3.8, 4) is 0 Å². The number of hydrogen-bond donors (Lipinski definition) is 2. The van der Waals surface area contributed by atoms with Crippen LogP contribution in [-0.2, 0) is 9.53 Å². The quantitative estimate of drug-likeness (QED) is 0.772. The van der Waals surface area contributed by atoms with Crippen LogP contribution in [0.4, 0.5) is 0 Å². The third-order valence-corrected chi connectivity index (χ3v) is 4.03. The SMILES string of the molecule is CC1(C(=O)NCCC2CCCO2)CCNCC1. The van der Waals surface area contributed by atoms with Crippen molar-refractivity contribution < 1.29 is 9.53 Å². The number of amides is 1. The summed E-state index contributed by atoms with van der Waals surface area (Å²) >= 11 is 0. The number of hydrogen-bond acceptors (Lipinski definition) is 3. The third-order valence-electron chi connectivity index (χ3n) is 4.03. The maximum atomic E-state index is 12.1. The number of piperidine rings is 1. The predicted molar refractivity (Wildman–Crippen MR) is 66.8 cm³/mol. The van der Waals surface area contributed by atoms with Gasteiger partial charge in [0.2, 0.25) is 5.91 Å². The van der Waals surface area contributed by atoms with Gasteiger partial charge in [-0.3, -0.25) is 4.79 Å². The van der Waals surface area contributed by atoms with Crippen LogP contribution in [0, 0.1) is 5.41 Å². The van der Waals surface area contributed by atoms with Crippen molar-refractivity contribution in [3.63, 3.8) is 0 Å². The molecule has 0 aromatic carbocycles. The van der Waals surface area contributed by atoms with E-state index in [9.17, 15) is 4.79 Å². The lowest BCUT2D eigenvalue weighted by Gasteiger charge is -2.32. The Hall–Kier alpha value is -0.610. The van der Waals surface area contributed by atoms with E-state index in [1.54, 1.807) is 0 Å². The highest BCUT2D eigenvalue weighted by atomic mass is 16.5. The van der Waals surface area contributed by atoms with E-state index in [2.05, 4.69) is 17.6 Å². The first-order chi connectivity index (χ1) is 8.21. The van der Waals surface area contributed by atoms with Gasteiger partial charge in [0, 0.05) is 18.6 Å². The van der Waals surface area contributed by atoms with E-state index >= 15 is 0 Å². The second-order valence-corrected chi connectivity index (χ2v) is 5.49. The van der Waals surface area contributed by atoms with Crippen molar-refractivity contribution in [2.45, 2.75) is 45.1 Å². The highest BCUT2D eigenvalue weighted by Gasteiger charge is 2.34. The van der Waals surface area contributed by atoms with Crippen molar-refractivity contribution in [1.82, 2.24) is 10.6 Å². The summed E-state index contributed by atoms with van der Waals surface area (Å²) in [5.41, 5.74) is -0.165. The Balaban J connectivity index is 1.68. The smallest absolute Gasteiger partial charge is 0.226 e. The summed E-state index contributed by atoms with van der Waals surface area (Å²) in [5.74, 6) is 0.219. The Labute approximate surface area is 103 Å². The Morgan fingerprint density at radius 3 is 2.88 bits per heavy atom. The number of nitrogens with one attached hydrogen (secondary N) is 2. The fourth-order valence-corrected chi connectivity index (χ4v) is 2.64. The highest BCUT2D eigenvalue weighted by Crippen LogP contribution is 2.27. The molecule has 2 aliphatic rings. The molecule has 0 radical (unpaired) electrons. The summed E-state index contributed by atoms with van der Waals surface area (Å²) in [5, 5.41) is 6.37. The number of carbonyl (C=O) groups excluding carboxylic acids is 1. The van der Waals surface area contributed by atoms with Gasteiger partial charge in [-0.2, -0.15) is 0 Å². The lowest BCUT2D eigenvalue weighted by Crippen LogP contribution is -2.46. The molecule has 17 heavy (non-hydrogen) atoms. The monoisotopic (exact) mass is 240 g/mol. The van der Waals surface area contributed by atoms with Crippen LogP contribution in [0.2, 0.25) is 0 Å². The van der Waals surface area contributed by atoms with Gasteiger partial charge in [-0.15, -0.1) is 0 Å². The predicted octanol–water partition coefficient (Wildman–Crippen LogP) is 1.06. The molecule has 0 aliphatic carbocycles. The summed E-state index contributed by atoms with van der Waals surface area (Å²) < 4.78 is 5.54. The standard InChI is InChI=1S/C13H24N2O2/c1-13(5-8-14-9-6-13)12(16)15-7-4-11-3-2-10-17-11/h11,14H,2-10H2,1H3,(H,15,16). The summed E-state index contributed by atoms with van der Waals surface area (Å²) in [7, 11) is 0. The molecule has 0 aromatic heterocycles. The van der Waals surface area contributed by atoms with Crippen LogP contribution in [0.5, 0.6) is 0 Å². The summed E-state index contributed by atoms with van der Waals surface area (Å²) in [6.45, 7) is 5.63. The first-order valence-corrected chi connectivity index (χ1v) is 6.81. The van der Waals surface area contributed by atoms with Crippen LogP contribution in [-0.4, -0.2) is 38.3 Å². The van der Waals surface area contributed by atoms with Crippen molar-refractivity contribution in [2.75, 3.05) is 26.2 Å². The molecule has 2 saturated heterocycles. The van der Waals surface area contributed by atoms with Crippen LogP contribution in [0.3, 0.4) is 0 Å². The molecule has 2 fully saturated rings. The second kappa shape index (κ2) is 5.83. The number of ether oxygens (including phenoxy) is 1. The molecule has 2 rings (SSSR count). The molecular weight excluding hydrogens is 216 g/mol. The molecule has 2 heterocycles. The van der Waals surface area contributed by atoms with Gasteiger partial charge in [-0.25, -0.2) is 0 Å². The number of rotatable bonds is 4. The zero-order valence-corrected chi connectivity index (χ0v) is 10.8. The molecule has 0 saturated carbocycles. The van der Waals surface area contributed by atoms with E-state index in [0.29, 0.717) is 6.10 Å². The Kier molecular flexibility index (Phi) is 4.40. The van der Waals surface area contributed by atoms with E-state index in [4.69, 9.17) is 4.74 Å². The van der Waals surface area contributed by atoms with Crippen LogP contribution in [0.25, 0.3) is 0 Å². The molecule has 0 aromatic rings. The average Bonchev–Trinajstić information content (AvgIpc) is 2.83. The maximum Gasteiger partial charge on any atom is 0.226 e. The van der Waals surface area contributed by atoms with Gasteiger partial charge >= 0.3 is 0 Å². The zero-order chi connectivity index (χ0) is 12.1. The van der Waals surface area contributed by atoms with Crippen LogP contribution >= 0.6 is 0 Å². The fourth-order valence-electron chi connectivity index (χ4n) is 2.64. The van der Waals surface area contributed by atoms with E-state index in [1.807, 2.05) is 0 Å². The maximum absolute atomic E-state index is 12.1. The molecule has 1 atom stereocenters. The molecule has 0 bridgehead atoms. The second-order valence-electron chi connectivity index (χ2n) is 5.49. The molecule has 2 aliphatic heterocycles. The zero-order valence-electron chi connectivity index (χ0n) is 10.8. The van der Waals surface area contributed by atoms with E-state index in [-0.39, 0.29) is 11.3 Å². The lowest BCUT2D eigenvalue weighted by atomic mass is 9.80. The van der Waals surface area contributed by atoms with E-state index in [0.717, 1.165) is 51.9 Å². The van der Waals surface area contributed by atoms with E-state index in [1.165, 1.54) is 6.42 Å². The Morgan fingerprint density at radius 1 is 1.47 bits per heavy atom. The first kappa shape index (κ1) is 12.8. The topological polar surface area (TPSA) is 50.4 Å². The summed E-state index contributed by atoms with van der Waals surface area (Å²) in [4.78, 5) is 12.1. The highest BCUT2D eigenvalue weighted by molar-refractivity contribution is 5.82. The number of carbonyl (C=O) groups is 1. The van der Waals surface area contributed by atoms with Gasteiger partial charge in [0.15, 0.2) is 0 Å². The molecule has 1 unspecified atom stereocenters. The molecule has 4 heteroatoms. The van der Waals surface area contributed by atoms with Crippen LogP contribution in [0.1, 0.15) is 39.0 Å². The largest absolute Gasteiger partial charge is 0.378 e. The minimum atomic E-state index is -0.165. The van der Waals surface area contributed by atoms with Gasteiger partial charge in [-0.05, 0) is 45.2 Å². The van der Waals surface area contributed by atoms with Crippen molar-refractivity contribution >= 4 is 5.91 Å². The minimum Gasteiger partial charge on any atom is -0.378 e. The van der Waals surface area contributed by atoms with Gasteiger partial charge in [-0.1, -0.05) is 6.92 Å². The van der Waals surface area contributed by atoms with Crippen molar-refractivity contribution in [3.05, 3.63) is 0 Å². The van der Waals surface area contributed by atoms with Crippen molar-refractivity contribution in [2.24, 2.45) is 5.41 Å². The Bertz CT molecular complexity index is 256. The minimum absolute atomic E-state index is 0.165. The molecule has 4 nitrogen and oxygen atoms in total. The van der Waals surface area contributed by atoms with Gasteiger partial charge in [0.25, 0.3) is 0 Å². The van der Waals surface area contributed by atoms with Crippen molar-refractivity contribution in [1.29, 1.82) is 0 Å². The molecule has 1 amide bonds. The lowest BCUT2D eigenvalue weighted by molar-refractivity contribution is -0.131. The van der Waals surface area contributed by atoms with Gasteiger partial charge in [0.05, 0.1) is 6.10 Å². The van der Waals surface area contributed by atoms with Crippen LogP contribution in [0.15, 0.2) is 0 Å². The first-order valence-electron chi connectivity index (χ1n) is 6.81. The Morgan fingerprint density at radius 2 is 2.24 bits per heavy atom. The molecule has 2 N–H and O–H groups in total. The fraction of sp³-hybridized carbons (Fsp3) is 0.923. The molecular formula is C13H24N2O2. The molecule has 98 valence electrons. The van der Waals surface area contributed by atoms with Gasteiger partial charge < -0.3 is 15.4 Å². The van der Waals surface area contributed by atoms with E-state index < -0.39 is 0 Å².